The van der Waals surface area contributed by atoms with Crippen molar-refractivity contribution in [3.63, 3.8) is 0 Å². The van der Waals surface area contributed by atoms with Gasteiger partial charge in [0.05, 0.1) is 18.5 Å². The SMILES string of the molecule is CC(C)(O[Si](C)(c1ccccc1)C(C)(C)O[Si](C)(C)C(C)(C)O[Si](C)(C)C)[Si](C)(C)C. The maximum Gasteiger partial charge on any atom is 0.250 e. The van der Waals surface area contributed by atoms with Crippen LogP contribution in [0, 0.1) is 0 Å². The van der Waals surface area contributed by atoms with E-state index in [4.69, 9.17) is 13.3 Å². The molecule has 0 aliphatic rings. The molecule has 0 aliphatic heterocycles. The molecule has 0 fully saturated rings. The topological polar surface area (TPSA) is 27.7 Å². The molecule has 3 nitrogen and oxygen atoms in total. The Labute approximate surface area is 197 Å². The maximum atomic E-state index is 7.27. The van der Waals surface area contributed by atoms with Crippen LogP contribution in [0.4, 0.5) is 0 Å². The van der Waals surface area contributed by atoms with Gasteiger partial charge in [-0.3, -0.25) is 0 Å². The zero-order valence-electron chi connectivity index (χ0n) is 23.1. The molecule has 0 heterocycles. The molecule has 0 N–H and O–H groups in total. The molecule has 0 radical (unpaired) electrons. The molecule has 0 saturated carbocycles. The van der Waals surface area contributed by atoms with Crippen molar-refractivity contribution in [1.82, 2.24) is 0 Å². The van der Waals surface area contributed by atoms with E-state index in [0.29, 0.717) is 0 Å². The van der Waals surface area contributed by atoms with E-state index >= 15 is 0 Å². The summed E-state index contributed by atoms with van der Waals surface area (Å²) < 4.78 is 21.1. The van der Waals surface area contributed by atoms with Crippen molar-refractivity contribution >= 4 is 38.2 Å². The molecule has 1 aromatic rings. The predicted octanol–water partition coefficient (Wildman–Crippen LogP) is 6.85. The summed E-state index contributed by atoms with van der Waals surface area (Å²) in [5.74, 6) is 0. The first-order valence-corrected chi connectivity index (χ1v) is 23.9. The monoisotopic (exact) mass is 498 g/mol. The lowest BCUT2D eigenvalue weighted by Crippen LogP contribution is -2.73. The lowest BCUT2D eigenvalue weighted by Gasteiger charge is -2.54. The Bertz CT molecular complexity index is 731. The highest BCUT2D eigenvalue weighted by Gasteiger charge is 2.57. The Morgan fingerprint density at radius 1 is 0.548 bits per heavy atom. The summed E-state index contributed by atoms with van der Waals surface area (Å²) in [6.45, 7) is 34.4. The Kier molecular flexibility index (Phi) is 8.38. The number of rotatable bonds is 10. The van der Waals surface area contributed by atoms with Crippen LogP contribution in [0.5, 0.6) is 0 Å². The Morgan fingerprint density at radius 2 is 1.00 bits per heavy atom. The summed E-state index contributed by atoms with van der Waals surface area (Å²) in [7, 11) is -8.10. The van der Waals surface area contributed by atoms with Crippen molar-refractivity contribution in [3.05, 3.63) is 30.3 Å². The summed E-state index contributed by atoms with van der Waals surface area (Å²) in [6, 6.07) is 10.8. The largest absolute Gasteiger partial charge is 0.413 e. The first-order valence-electron chi connectivity index (χ1n) is 11.6. The van der Waals surface area contributed by atoms with Gasteiger partial charge >= 0.3 is 0 Å². The molecule has 31 heavy (non-hydrogen) atoms. The van der Waals surface area contributed by atoms with E-state index in [1.807, 2.05) is 0 Å². The Hall–Kier alpha value is -0.0325. The van der Waals surface area contributed by atoms with Crippen LogP contribution in [0.15, 0.2) is 30.3 Å². The predicted molar refractivity (Wildman–Crippen MR) is 147 cm³/mol. The maximum absolute atomic E-state index is 7.27. The second-order valence-corrected chi connectivity index (χ2v) is 31.7. The molecule has 0 aromatic heterocycles. The van der Waals surface area contributed by atoms with Gasteiger partial charge in [-0.05, 0) is 86.0 Å². The second kappa shape index (κ2) is 8.96. The molecule has 1 unspecified atom stereocenters. The third kappa shape index (κ3) is 6.74. The molecule has 0 aliphatic carbocycles. The van der Waals surface area contributed by atoms with Gasteiger partial charge in [0.1, 0.15) is 0 Å². The highest BCUT2D eigenvalue weighted by atomic mass is 28.4. The fraction of sp³-hybridized carbons (Fsp3) is 0.750. The van der Waals surface area contributed by atoms with E-state index in [1.165, 1.54) is 5.19 Å². The quantitative estimate of drug-likeness (QED) is 0.330. The third-order valence-electron chi connectivity index (χ3n) is 7.26. The minimum absolute atomic E-state index is 0.166. The zero-order valence-corrected chi connectivity index (χ0v) is 27.1. The van der Waals surface area contributed by atoms with Crippen molar-refractivity contribution < 1.29 is 13.3 Å². The van der Waals surface area contributed by atoms with Crippen LogP contribution < -0.4 is 5.19 Å². The van der Waals surface area contributed by atoms with Crippen molar-refractivity contribution in [3.8, 4) is 0 Å². The summed E-state index contributed by atoms with van der Waals surface area (Å²) >= 11 is 0. The van der Waals surface area contributed by atoms with Crippen LogP contribution in [0.2, 0.25) is 58.9 Å². The molecular weight excluding hydrogens is 449 g/mol. The second-order valence-electron chi connectivity index (χ2n) is 13.1. The van der Waals surface area contributed by atoms with Gasteiger partial charge in [0.25, 0.3) is 8.32 Å². The van der Waals surface area contributed by atoms with E-state index in [1.54, 1.807) is 0 Å². The lowest BCUT2D eigenvalue weighted by atomic mass is 10.4. The van der Waals surface area contributed by atoms with Crippen LogP contribution in [-0.4, -0.2) is 48.7 Å². The van der Waals surface area contributed by atoms with Crippen molar-refractivity contribution in [2.24, 2.45) is 0 Å². The van der Waals surface area contributed by atoms with Crippen LogP contribution in [0.25, 0.3) is 0 Å². The van der Waals surface area contributed by atoms with Gasteiger partial charge in [0.15, 0.2) is 8.32 Å². The smallest absolute Gasteiger partial charge is 0.250 e. The van der Waals surface area contributed by atoms with Gasteiger partial charge in [0.2, 0.25) is 8.32 Å². The summed E-state index contributed by atoms with van der Waals surface area (Å²) in [5, 5.41) is 0.427. The Morgan fingerprint density at radius 3 is 1.39 bits per heavy atom. The van der Waals surface area contributed by atoms with Crippen molar-refractivity contribution in [1.29, 1.82) is 0 Å². The standard InChI is InChI=1S/C24H50O3Si4/c1-22(2,28(7,8)9)27-31(15,21-19-17-16-18-20-21)24(5,6)26-30(13,14)23(3,4)25-29(10,11)12/h16-20H,1-15H3. The van der Waals surface area contributed by atoms with Gasteiger partial charge in [-0.15, -0.1) is 0 Å². The van der Waals surface area contributed by atoms with Crippen LogP contribution in [0.1, 0.15) is 41.5 Å². The molecule has 1 atom stereocenters. The lowest BCUT2D eigenvalue weighted by molar-refractivity contribution is 0.0731. The fourth-order valence-corrected chi connectivity index (χ4v) is 14.9. The molecule has 0 bridgehead atoms. The van der Waals surface area contributed by atoms with Crippen LogP contribution in [-0.2, 0) is 13.3 Å². The van der Waals surface area contributed by atoms with Gasteiger partial charge in [-0.1, -0.05) is 50.0 Å². The molecule has 0 saturated heterocycles. The van der Waals surface area contributed by atoms with E-state index in [9.17, 15) is 0 Å². The first kappa shape index (κ1) is 29.0. The number of benzene rings is 1. The molecule has 0 spiro atoms. The van der Waals surface area contributed by atoms with Gasteiger partial charge in [-0.25, -0.2) is 0 Å². The highest BCUT2D eigenvalue weighted by Crippen LogP contribution is 2.39. The van der Waals surface area contributed by atoms with E-state index in [2.05, 4.69) is 131 Å². The number of hydrogen-bond acceptors (Lipinski definition) is 3. The van der Waals surface area contributed by atoms with Crippen molar-refractivity contribution in [2.75, 3.05) is 0 Å². The van der Waals surface area contributed by atoms with Gasteiger partial charge in [-0.2, -0.15) is 0 Å². The third-order valence-corrected chi connectivity index (χ3v) is 21.5. The molecular formula is C24H50O3Si4. The molecule has 180 valence electrons. The summed E-state index contributed by atoms with van der Waals surface area (Å²) in [6.07, 6.45) is 0. The Balaban J connectivity index is 3.51. The summed E-state index contributed by atoms with van der Waals surface area (Å²) in [4.78, 5) is 0. The average Bonchev–Trinajstić information content (AvgIpc) is 2.50. The van der Waals surface area contributed by atoms with Gasteiger partial charge in [0, 0.05) is 5.22 Å². The van der Waals surface area contributed by atoms with E-state index in [-0.39, 0.29) is 10.4 Å². The minimum atomic E-state index is -2.54. The van der Waals surface area contributed by atoms with E-state index in [0.717, 1.165) is 0 Å². The number of hydrogen-bond donors (Lipinski definition) is 0. The van der Waals surface area contributed by atoms with Crippen LogP contribution >= 0.6 is 0 Å². The fourth-order valence-electron chi connectivity index (χ4n) is 3.70. The summed E-state index contributed by atoms with van der Waals surface area (Å²) in [5.41, 5.74) is 0. The highest BCUT2D eigenvalue weighted by molar-refractivity contribution is 6.90. The molecule has 1 rings (SSSR count). The molecule has 0 amide bonds. The van der Waals surface area contributed by atoms with Crippen LogP contribution in [0.3, 0.4) is 0 Å². The van der Waals surface area contributed by atoms with Crippen molar-refractivity contribution in [2.45, 2.75) is 116 Å². The average molecular weight is 499 g/mol. The zero-order chi connectivity index (χ0) is 24.7. The normalized spacial score (nSPS) is 16.9. The minimum Gasteiger partial charge on any atom is -0.413 e. The first-order chi connectivity index (χ1) is 13.5. The van der Waals surface area contributed by atoms with Gasteiger partial charge < -0.3 is 13.3 Å². The molecule has 7 heteroatoms. The van der Waals surface area contributed by atoms with E-state index < -0.39 is 38.3 Å². The molecule has 1 aromatic carbocycles.